The highest BCUT2D eigenvalue weighted by Crippen LogP contribution is 2.36. The lowest BCUT2D eigenvalue weighted by atomic mass is 10.2. The number of benzene rings is 2. The van der Waals surface area contributed by atoms with Crippen molar-refractivity contribution >= 4 is 27.1 Å². The maximum absolute atomic E-state index is 12.6. The number of hydrogen-bond donors (Lipinski definition) is 0. The van der Waals surface area contributed by atoms with Crippen LogP contribution in [0.5, 0.6) is 11.5 Å². The SMILES string of the molecule is Cc1ccc(Cl)cc1Oc1ccc(S(=O)(=O)C(F)F)cc1[N+](=O)[O-]. The molecule has 128 valence electrons. The van der Waals surface area contributed by atoms with Crippen LogP contribution in [0.3, 0.4) is 0 Å². The summed E-state index contributed by atoms with van der Waals surface area (Å²) in [4.78, 5) is 9.35. The number of rotatable bonds is 5. The van der Waals surface area contributed by atoms with Crippen LogP contribution in [0.2, 0.25) is 5.02 Å². The molecule has 0 aliphatic carbocycles. The Morgan fingerprint density at radius 3 is 2.42 bits per heavy atom. The van der Waals surface area contributed by atoms with E-state index in [-0.39, 0.29) is 11.5 Å². The van der Waals surface area contributed by atoms with Gasteiger partial charge in [0.05, 0.1) is 9.82 Å². The van der Waals surface area contributed by atoms with E-state index in [0.29, 0.717) is 16.7 Å². The van der Waals surface area contributed by atoms with E-state index in [2.05, 4.69) is 0 Å². The number of nitrogens with zero attached hydrogens (tertiary/aromatic N) is 1. The summed E-state index contributed by atoms with van der Waals surface area (Å²) >= 11 is 5.83. The number of hydrogen-bond acceptors (Lipinski definition) is 5. The lowest BCUT2D eigenvalue weighted by Gasteiger charge is -2.10. The van der Waals surface area contributed by atoms with E-state index < -0.39 is 31.1 Å². The number of nitro benzene ring substituents is 1. The Labute approximate surface area is 140 Å². The van der Waals surface area contributed by atoms with Crippen molar-refractivity contribution in [2.45, 2.75) is 17.6 Å². The minimum atomic E-state index is -4.95. The third kappa shape index (κ3) is 3.62. The predicted octanol–water partition coefficient (Wildman–Crippen LogP) is 4.35. The molecule has 0 heterocycles. The maximum Gasteiger partial charge on any atom is 0.341 e. The van der Waals surface area contributed by atoms with Crippen LogP contribution < -0.4 is 4.74 Å². The van der Waals surface area contributed by atoms with Gasteiger partial charge >= 0.3 is 11.4 Å². The zero-order valence-corrected chi connectivity index (χ0v) is 13.6. The summed E-state index contributed by atoms with van der Waals surface area (Å²) in [6.45, 7) is 1.67. The highest BCUT2D eigenvalue weighted by atomic mass is 35.5. The number of alkyl halides is 2. The molecule has 0 aliphatic rings. The average Bonchev–Trinajstić information content (AvgIpc) is 2.50. The first-order valence-electron chi connectivity index (χ1n) is 6.37. The van der Waals surface area contributed by atoms with Crippen LogP contribution >= 0.6 is 11.6 Å². The summed E-state index contributed by atoms with van der Waals surface area (Å²) < 4.78 is 53.4. The lowest BCUT2D eigenvalue weighted by Crippen LogP contribution is -2.11. The largest absolute Gasteiger partial charge is 0.450 e. The van der Waals surface area contributed by atoms with E-state index in [1.165, 1.54) is 6.07 Å². The second-order valence-electron chi connectivity index (χ2n) is 4.70. The molecule has 0 bridgehead atoms. The highest BCUT2D eigenvalue weighted by molar-refractivity contribution is 7.91. The first-order valence-corrected chi connectivity index (χ1v) is 8.30. The summed E-state index contributed by atoms with van der Waals surface area (Å²) in [6.07, 6.45) is 0. The predicted molar refractivity (Wildman–Crippen MR) is 82.5 cm³/mol. The van der Waals surface area contributed by atoms with Gasteiger partial charge in [0.15, 0.2) is 0 Å². The number of halogens is 3. The fourth-order valence-corrected chi connectivity index (χ4v) is 2.71. The Kier molecular flexibility index (Phi) is 5.05. The summed E-state index contributed by atoms with van der Waals surface area (Å²) in [5.41, 5.74) is -0.130. The van der Waals surface area contributed by atoms with Gasteiger partial charge in [0, 0.05) is 11.1 Å². The van der Waals surface area contributed by atoms with Gasteiger partial charge in [-0.3, -0.25) is 10.1 Å². The van der Waals surface area contributed by atoms with Crippen molar-refractivity contribution in [1.82, 2.24) is 0 Å². The molecule has 0 radical (unpaired) electrons. The third-order valence-corrected chi connectivity index (χ3v) is 4.68. The Bertz CT molecular complexity index is 902. The van der Waals surface area contributed by atoms with Crippen LogP contribution in [-0.4, -0.2) is 19.1 Å². The van der Waals surface area contributed by atoms with Gasteiger partial charge in [0.1, 0.15) is 5.75 Å². The Morgan fingerprint density at radius 1 is 1.17 bits per heavy atom. The van der Waals surface area contributed by atoms with Crippen LogP contribution in [0.1, 0.15) is 5.56 Å². The maximum atomic E-state index is 12.6. The first-order chi connectivity index (χ1) is 11.1. The van der Waals surface area contributed by atoms with Gasteiger partial charge in [-0.1, -0.05) is 17.7 Å². The van der Waals surface area contributed by atoms with Crippen molar-refractivity contribution in [3.8, 4) is 11.5 Å². The van der Waals surface area contributed by atoms with Gasteiger partial charge in [-0.15, -0.1) is 0 Å². The normalized spacial score (nSPS) is 11.5. The van der Waals surface area contributed by atoms with Gasteiger partial charge in [0.2, 0.25) is 15.6 Å². The quantitative estimate of drug-likeness (QED) is 0.571. The Balaban J connectivity index is 2.52. The van der Waals surface area contributed by atoms with Crippen molar-refractivity contribution in [1.29, 1.82) is 0 Å². The molecule has 0 atom stereocenters. The number of sulfone groups is 1. The second kappa shape index (κ2) is 6.70. The molecule has 0 fully saturated rings. The molecular formula is C14H10ClF2NO5S. The van der Waals surface area contributed by atoms with Crippen LogP contribution in [0.15, 0.2) is 41.3 Å². The molecule has 0 aromatic heterocycles. The molecule has 0 aliphatic heterocycles. The molecule has 10 heteroatoms. The van der Waals surface area contributed by atoms with Crippen molar-refractivity contribution in [3.63, 3.8) is 0 Å². The molecule has 2 aromatic carbocycles. The standard InChI is InChI=1S/C14H10ClF2NO5S/c1-8-2-3-9(15)6-13(8)23-12-5-4-10(7-11(12)18(19)20)24(21,22)14(16)17/h2-7,14H,1H3. The minimum absolute atomic E-state index is 0.218. The molecular weight excluding hydrogens is 368 g/mol. The molecule has 0 spiro atoms. The number of aryl methyl sites for hydroxylation is 1. The fourth-order valence-electron chi connectivity index (χ4n) is 1.81. The van der Waals surface area contributed by atoms with E-state index in [1.807, 2.05) is 0 Å². The van der Waals surface area contributed by atoms with Crippen LogP contribution in [0, 0.1) is 17.0 Å². The molecule has 0 amide bonds. The first kappa shape index (κ1) is 18.1. The number of ether oxygens (including phenoxy) is 1. The Morgan fingerprint density at radius 2 is 1.83 bits per heavy atom. The second-order valence-corrected chi connectivity index (χ2v) is 7.06. The van der Waals surface area contributed by atoms with Gasteiger partial charge in [-0.2, -0.15) is 8.78 Å². The smallest absolute Gasteiger partial charge is 0.341 e. The van der Waals surface area contributed by atoms with Crippen LogP contribution in [0.4, 0.5) is 14.5 Å². The summed E-state index contributed by atoms with van der Waals surface area (Å²) in [6, 6.07) is 6.95. The molecule has 0 unspecified atom stereocenters. The lowest BCUT2D eigenvalue weighted by molar-refractivity contribution is -0.385. The third-order valence-electron chi connectivity index (χ3n) is 3.06. The molecule has 6 nitrogen and oxygen atoms in total. The van der Waals surface area contributed by atoms with Gasteiger partial charge in [-0.25, -0.2) is 8.42 Å². The molecule has 2 rings (SSSR count). The molecule has 0 saturated heterocycles. The van der Waals surface area contributed by atoms with Crippen LogP contribution in [-0.2, 0) is 9.84 Å². The average molecular weight is 378 g/mol. The van der Waals surface area contributed by atoms with E-state index in [1.54, 1.807) is 19.1 Å². The van der Waals surface area contributed by atoms with E-state index in [0.717, 1.165) is 12.1 Å². The summed E-state index contributed by atoms with van der Waals surface area (Å²) in [5, 5.41) is 11.5. The molecule has 0 saturated carbocycles. The Hall–Kier alpha value is -2.26. The highest BCUT2D eigenvalue weighted by Gasteiger charge is 2.30. The van der Waals surface area contributed by atoms with Crippen molar-refractivity contribution in [2.24, 2.45) is 0 Å². The minimum Gasteiger partial charge on any atom is -0.450 e. The van der Waals surface area contributed by atoms with Crippen molar-refractivity contribution < 1.29 is 26.9 Å². The molecule has 0 N–H and O–H groups in total. The van der Waals surface area contributed by atoms with Gasteiger partial charge in [0.25, 0.3) is 0 Å². The van der Waals surface area contributed by atoms with E-state index in [4.69, 9.17) is 16.3 Å². The zero-order chi connectivity index (χ0) is 18.1. The summed E-state index contributed by atoms with van der Waals surface area (Å²) in [7, 11) is -4.95. The zero-order valence-electron chi connectivity index (χ0n) is 12.1. The van der Waals surface area contributed by atoms with Crippen molar-refractivity contribution in [3.05, 3.63) is 57.1 Å². The number of nitro groups is 1. The van der Waals surface area contributed by atoms with Gasteiger partial charge in [-0.05, 0) is 36.8 Å². The molecule has 2 aromatic rings. The summed E-state index contributed by atoms with van der Waals surface area (Å²) in [5.74, 6) is -3.76. The fraction of sp³-hybridized carbons (Fsp3) is 0.143. The topological polar surface area (TPSA) is 86.5 Å². The van der Waals surface area contributed by atoms with E-state index in [9.17, 15) is 27.3 Å². The molecule has 24 heavy (non-hydrogen) atoms. The van der Waals surface area contributed by atoms with E-state index >= 15 is 0 Å². The van der Waals surface area contributed by atoms with Crippen molar-refractivity contribution in [2.75, 3.05) is 0 Å². The monoisotopic (exact) mass is 377 g/mol. The van der Waals surface area contributed by atoms with Crippen LogP contribution in [0.25, 0.3) is 0 Å². The van der Waals surface area contributed by atoms with Gasteiger partial charge < -0.3 is 4.74 Å².